The Kier molecular flexibility index (Phi) is 7.92. The summed E-state index contributed by atoms with van der Waals surface area (Å²) >= 11 is 0. The molecule has 0 amide bonds. The van der Waals surface area contributed by atoms with Crippen LogP contribution in [0.1, 0.15) is 33.0 Å². The molecule has 212 valence electrons. The highest BCUT2D eigenvalue weighted by molar-refractivity contribution is 6.02. The summed E-state index contributed by atoms with van der Waals surface area (Å²) in [5.74, 6) is -0.701. The lowest BCUT2D eigenvalue weighted by atomic mass is 9.75. The molecule has 1 fully saturated rings. The van der Waals surface area contributed by atoms with Gasteiger partial charge in [-0.1, -0.05) is 103 Å². The van der Waals surface area contributed by atoms with E-state index in [0.717, 1.165) is 39.6 Å². The second-order valence-electron chi connectivity index (χ2n) is 10.8. The zero-order chi connectivity index (χ0) is 29.1. The first kappa shape index (κ1) is 27.9. The maximum absolute atomic E-state index is 14.1. The van der Waals surface area contributed by atoms with Crippen LogP contribution in [-0.2, 0) is 17.5 Å². The van der Waals surface area contributed by atoms with Gasteiger partial charge in [-0.05, 0) is 51.2 Å². The number of piperidine rings is 1. The molecule has 6 rings (SSSR count). The molecule has 0 bridgehead atoms. The van der Waals surface area contributed by atoms with Gasteiger partial charge in [0.2, 0.25) is 0 Å². The fourth-order valence-electron chi connectivity index (χ4n) is 5.89. The van der Waals surface area contributed by atoms with Crippen molar-refractivity contribution in [3.05, 3.63) is 144 Å². The van der Waals surface area contributed by atoms with Crippen LogP contribution in [0.2, 0.25) is 0 Å². The minimum atomic E-state index is -4.43. The first-order chi connectivity index (χ1) is 20.4. The van der Waals surface area contributed by atoms with Gasteiger partial charge in [-0.15, -0.1) is 0 Å². The maximum Gasteiger partial charge on any atom is 0.416 e. The van der Waals surface area contributed by atoms with Crippen molar-refractivity contribution in [1.82, 2.24) is 5.32 Å². The Morgan fingerprint density at radius 3 is 2.21 bits per heavy atom. The number of hydrogen-bond acceptors (Lipinski definition) is 3. The number of rotatable bonds is 7. The van der Waals surface area contributed by atoms with Crippen molar-refractivity contribution in [2.45, 2.75) is 24.8 Å². The third-order valence-corrected chi connectivity index (χ3v) is 8.04. The number of nitrogens with one attached hydrogen (secondary N) is 1. The molecule has 42 heavy (non-hydrogen) atoms. The molecule has 0 radical (unpaired) electrons. The minimum Gasteiger partial charge on any atom is -0.372 e. The summed E-state index contributed by atoms with van der Waals surface area (Å²) in [5.41, 5.74) is 3.48. The van der Waals surface area contributed by atoms with Gasteiger partial charge in [-0.3, -0.25) is 4.79 Å². The van der Waals surface area contributed by atoms with Crippen molar-refractivity contribution in [2.75, 3.05) is 13.1 Å². The number of fused-ring (bicyclic) bond motifs is 1. The Morgan fingerprint density at radius 1 is 0.738 bits per heavy atom. The summed E-state index contributed by atoms with van der Waals surface area (Å²) in [6, 6.07) is 37.1. The summed E-state index contributed by atoms with van der Waals surface area (Å²) in [6.45, 7) is 0.956. The molecule has 5 aromatic rings. The van der Waals surface area contributed by atoms with E-state index in [1.54, 1.807) is 6.07 Å². The Bertz CT molecular complexity index is 1680. The van der Waals surface area contributed by atoms with Crippen LogP contribution < -0.4 is 5.32 Å². The molecule has 1 heterocycles. The Hall–Kier alpha value is -4.26. The van der Waals surface area contributed by atoms with Gasteiger partial charge in [0.15, 0.2) is 5.78 Å². The maximum atomic E-state index is 14.1. The topological polar surface area (TPSA) is 38.3 Å². The number of Topliss-reactive ketones (excluding diaryl/α,β-unsaturated/α-hetero) is 1. The lowest BCUT2D eigenvalue weighted by Gasteiger charge is -2.38. The van der Waals surface area contributed by atoms with Gasteiger partial charge in [-0.25, -0.2) is 0 Å². The Labute approximate surface area is 243 Å². The number of benzene rings is 5. The van der Waals surface area contributed by atoms with Gasteiger partial charge < -0.3 is 10.1 Å². The van der Waals surface area contributed by atoms with Crippen LogP contribution in [0.5, 0.6) is 0 Å². The molecule has 0 aromatic heterocycles. The summed E-state index contributed by atoms with van der Waals surface area (Å²) in [4.78, 5) is 14.1. The molecule has 3 atom stereocenters. The zero-order valence-electron chi connectivity index (χ0n) is 22.9. The van der Waals surface area contributed by atoms with Crippen LogP contribution in [0.4, 0.5) is 13.2 Å². The number of carbonyl (C=O) groups is 1. The van der Waals surface area contributed by atoms with Gasteiger partial charge in [0.1, 0.15) is 0 Å². The number of hydrogen-bond donors (Lipinski definition) is 1. The smallest absolute Gasteiger partial charge is 0.372 e. The number of ketones is 1. The fraction of sp³-hybridized carbons (Fsp3) is 0.194. The zero-order valence-corrected chi connectivity index (χ0v) is 22.9. The summed E-state index contributed by atoms with van der Waals surface area (Å²) in [6.07, 6.45) is -4.85. The molecule has 0 aliphatic carbocycles. The van der Waals surface area contributed by atoms with E-state index in [4.69, 9.17) is 4.74 Å². The van der Waals surface area contributed by atoms with E-state index in [0.29, 0.717) is 24.2 Å². The second kappa shape index (κ2) is 11.9. The highest BCUT2D eigenvalue weighted by Gasteiger charge is 2.39. The molecule has 0 saturated carbocycles. The van der Waals surface area contributed by atoms with Crippen LogP contribution in [0.25, 0.3) is 21.9 Å². The number of ether oxygens (including phenoxy) is 1. The van der Waals surface area contributed by atoms with Crippen molar-refractivity contribution in [1.29, 1.82) is 0 Å². The molecule has 3 nitrogen and oxygen atoms in total. The predicted octanol–water partition coefficient (Wildman–Crippen LogP) is 8.30. The number of carbonyl (C=O) groups excluding carboxylic acids is 1. The summed E-state index contributed by atoms with van der Waals surface area (Å²) < 4.78 is 46.3. The third-order valence-electron chi connectivity index (χ3n) is 8.04. The van der Waals surface area contributed by atoms with E-state index in [9.17, 15) is 18.0 Å². The van der Waals surface area contributed by atoms with Crippen LogP contribution in [0.15, 0.2) is 121 Å². The van der Waals surface area contributed by atoms with Crippen molar-refractivity contribution >= 4 is 16.6 Å². The van der Waals surface area contributed by atoms with Gasteiger partial charge in [0.05, 0.1) is 18.3 Å². The average molecular weight is 566 g/mol. The quantitative estimate of drug-likeness (QED) is 0.202. The van der Waals surface area contributed by atoms with Crippen molar-refractivity contribution in [2.24, 2.45) is 5.92 Å². The van der Waals surface area contributed by atoms with Crippen molar-refractivity contribution in [3.8, 4) is 11.1 Å². The van der Waals surface area contributed by atoms with Crippen molar-refractivity contribution < 1.29 is 22.7 Å². The molecule has 6 heteroatoms. The van der Waals surface area contributed by atoms with E-state index in [1.807, 2.05) is 97.1 Å². The first-order valence-corrected chi connectivity index (χ1v) is 14.0. The fourth-order valence-corrected chi connectivity index (χ4v) is 5.89. The molecule has 1 aliphatic rings. The third kappa shape index (κ3) is 6.01. The SMILES string of the molecule is O=C(c1ccc2ccccc2c1)C1CNCC(OCc2cccc(C(F)(F)F)c2)C1c1ccc(-c2ccccc2)cc1. The minimum absolute atomic E-state index is 0.00570. The van der Waals surface area contributed by atoms with Gasteiger partial charge >= 0.3 is 6.18 Å². The Balaban J connectivity index is 1.32. The monoisotopic (exact) mass is 565 g/mol. The lowest BCUT2D eigenvalue weighted by molar-refractivity contribution is -0.137. The molecule has 1 aliphatic heterocycles. The molecule has 1 N–H and O–H groups in total. The highest BCUT2D eigenvalue weighted by atomic mass is 19.4. The molecule has 1 saturated heterocycles. The van der Waals surface area contributed by atoms with E-state index in [2.05, 4.69) is 5.32 Å². The highest BCUT2D eigenvalue weighted by Crippen LogP contribution is 2.37. The first-order valence-electron chi connectivity index (χ1n) is 14.0. The van der Waals surface area contributed by atoms with E-state index < -0.39 is 23.8 Å². The Morgan fingerprint density at radius 2 is 1.45 bits per heavy atom. The number of halogens is 3. The normalized spacial score (nSPS) is 19.1. The summed E-state index contributed by atoms with van der Waals surface area (Å²) in [5, 5.41) is 5.41. The molecule has 5 aromatic carbocycles. The second-order valence-corrected chi connectivity index (χ2v) is 10.8. The van der Waals surface area contributed by atoms with Gasteiger partial charge in [-0.2, -0.15) is 13.2 Å². The van der Waals surface area contributed by atoms with E-state index in [-0.39, 0.29) is 18.3 Å². The van der Waals surface area contributed by atoms with Crippen LogP contribution in [0, 0.1) is 5.92 Å². The average Bonchev–Trinajstić information content (AvgIpc) is 3.03. The van der Waals surface area contributed by atoms with Crippen LogP contribution >= 0.6 is 0 Å². The van der Waals surface area contributed by atoms with Crippen LogP contribution in [0.3, 0.4) is 0 Å². The number of alkyl halides is 3. The predicted molar refractivity (Wildman–Crippen MR) is 159 cm³/mol. The van der Waals surface area contributed by atoms with Gasteiger partial charge in [0, 0.05) is 30.5 Å². The molecular formula is C36H30F3NO2. The van der Waals surface area contributed by atoms with E-state index in [1.165, 1.54) is 6.07 Å². The molecule has 0 spiro atoms. The largest absolute Gasteiger partial charge is 0.416 e. The van der Waals surface area contributed by atoms with Crippen molar-refractivity contribution in [3.63, 3.8) is 0 Å². The van der Waals surface area contributed by atoms with Gasteiger partial charge in [0.25, 0.3) is 0 Å². The van der Waals surface area contributed by atoms with E-state index >= 15 is 0 Å². The molecule has 3 unspecified atom stereocenters. The summed E-state index contributed by atoms with van der Waals surface area (Å²) in [7, 11) is 0. The lowest BCUT2D eigenvalue weighted by Crippen LogP contribution is -2.49. The standard InChI is InChI=1S/C36H30F3NO2/c37-36(38,39)31-12-6-7-24(19-31)23-42-33-22-40-21-32(35(41)30-18-15-26-10-4-5-11-29(26)20-30)34(33)28-16-13-27(14-17-28)25-8-2-1-3-9-25/h1-20,32-34,40H,21-23H2. The van der Waals surface area contributed by atoms with Crippen LogP contribution in [-0.4, -0.2) is 25.0 Å². The molecular weight excluding hydrogens is 535 g/mol.